The van der Waals surface area contributed by atoms with Gasteiger partial charge in [0.05, 0.1) is 6.54 Å². The molecule has 1 aromatic heterocycles. The van der Waals surface area contributed by atoms with E-state index < -0.39 is 17.7 Å². The Balaban J connectivity index is 1.73. The predicted octanol–water partition coefficient (Wildman–Crippen LogP) is 4.24. The van der Waals surface area contributed by atoms with Crippen molar-refractivity contribution in [2.45, 2.75) is 40.0 Å². The molecule has 0 radical (unpaired) electrons. The lowest BCUT2D eigenvalue weighted by Crippen LogP contribution is -2.45. The van der Waals surface area contributed by atoms with E-state index in [9.17, 15) is 18.7 Å². The molecule has 1 atom stereocenters. The number of imidazole rings is 1. The fourth-order valence-corrected chi connectivity index (χ4v) is 3.74. The van der Waals surface area contributed by atoms with Crippen LogP contribution in [0.2, 0.25) is 0 Å². The molecule has 0 bridgehead atoms. The first-order chi connectivity index (χ1) is 15.2. The number of nitrogens with one attached hydrogen (secondary N) is 1. The van der Waals surface area contributed by atoms with Crippen LogP contribution in [0.5, 0.6) is 0 Å². The van der Waals surface area contributed by atoms with Gasteiger partial charge in [0.25, 0.3) is 5.91 Å². The highest BCUT2D eigenvalue weighted by Gasteiger charge is 2.31. The maximum atomic E-state index is 14.0. The lowest BCUT2D eigenvalue weighted by molar-refractivity contribution is -0.144. The van der Waals surface area contributed by atoms with Crippen LogP contribution in [-0.4, -0.2) is 38.1 Å². The fourth-order valence-electron chi connectivity index (χ4n) is 3.74. The van der Waals surface area contributed by atoms with E-state index in [4.69, 9.17) is 0 Å². The van der Waals surface area contributed by atoms with Crippen LogP contribution in [0.3, 0.4) is 0 Å². The number of rotatable bonds is 5. The zero-order chi connectivity index (χ0) is 23.0. The fraction of sp³-hybridized carbons (Fsp3) is 0.333. The van der Waals surface area contributed by atoms with E-state index in [0.717, 1.165) is 23.4 Å². The quantitative estimate of drug-likeness (QED) is 0.623. The van der Waals surface area contributed by atoms with Gasteiger partial charge in [-0.25, -0.2) is 13.8 Å². The Morgan fingerprint density at radius 3 is 2.47 bits per heavy atom. The van der Waals surface area contributed by atoms with Crippen LogP contribution >= 0.6 is 0 Å². The van der Waals surface area contributed by atoms with Crippen LogP contribution in [0.1, 0.15) is 25.2 Å². The highest BCUT2D eigenvalue weighted by molar-refractivity contribution is 5.81. The van der Waals surface area contributed by atoms with Crippen molar-refractivity contribution in [3.8, 4) is 11.3 Å². The van der Waals surface area contributed by atoms with E-state index in [1.807, 2.05) is 35.8 Å². The summed E-state index contributed by atoms with van der Waals surface area (Å²) < 4.78 is 29.4. The molecule has 2 N–H and O–H groups in total. The summed E-state index contributed by atoms with van der Waals surface area (Å²) in [5, 5.41) is 13.6. The number of aliphatic hydroxyl groups excluding tert-OH is 1. The first kappa shape index (κ1) is 22.0. The van der Waals surface area contributed by atoms with Gasteiger partial charge in [-0.3, -0.25) is 4.79 Å². The Hall–Kier alpha value is -3.26. The Morgan fingerprint density at radius 1 is 1.09 bits per heavy atom. The number of hydrogen-bond acceptors (Lipinski definition) is 4. The zero-order valence-corrected chi connectivity index (χ0v) is 18.3. The normalized spacial score (nSPS) is 14.4. The van der Waals surface area contributed by atoms with Gasteiger partial charge in [-0.05, 0) is 43.2 Å². The van der Waals surface area contributed by atoms with Crippen molar-refractivity contribution in [3.63, 3.8) is 0 Å². The van der Waals surface area contributed by atoms with Crippen molar-refractivity contribution in [3.05, 3.63) is 65.5 Å². The second kappa shape index (κ2) is 8.70. The molecule has 32 heavy (non-hydrogen) atoms. The summed E-state index contributed by atoms with van der Waals surface area (Å²) in [5.41, 5.74) is 2.85. The number of aromatic nitrogens is 2. The van der Waals surface area contributed by atoms with Crippen LogP contribution in [-0.2, 0) is 17.9 Å². The van der Waals surface area contributed by atoms with Crippen molar-refractivity contribution in [1.29, 1.82) is 0 Å². The molecule has 2 aromatic carbocycles. The molecule has 0 fully saturated rings. The molecule has 0 saturated carbocycles. The van der Waals surface area contributed by atoms with Crippen LogP contribution < -0.4 is 5.32 Å². The molecule has 6 nitrogen and oxygen atoms in total. The van der Waals surface area contributed by atoms with Gasteiger partial charge in [0.1, 0.15) is 23.4 Å². The second-order valence-electron chi connectivity index (χ2n) is 8.45. The smallest absolute Gasteiger partial charge is 0.252 e. The first-order valence-corrected chi connectivity index (χ1v) is 10.6. The van der Waals surface area contributed by atoms with Gasteiger partial charge >= 0.3 is 0 Å². The number of carbonyl (C=O) groups is 1. The van der Waals surface area contributed by atoms with Gasteiger partial charge in [-0.15, -0.1) is 0 Å². The topological polar surface area (TPSA) is 70.4 Å². The van der Waals surface area contributed by atoms with E-state index in [1.54, 1.807) is 18.7 Å². The Kier molecular flexibility index (Phi) is 5.97. The number of aliphatic hydroxyl groups is 1. The number of anilines is 2. The van der Waals surface area contributed by atoms with Crippen molar-refractivity contribution in [1.82, 2.24) is 14.5 Å². The summed E-state index contributed by atoms with van der Waals surface area (Å²) in [6.07, 6.45) is -1.08. The third-order valence-corrected chi connectivity index (χ3v) is 5.68. The number of benzene rings is 2. The SMILES string of the molecule is Cc1ccc(Nc2c(-c3ccc(F)c(F)c3)nc3n2CCN(C(=O)[C@H](O)C(C)C)C3)cc1. The molecule has 2 heterocycles. The van der Waals surface area contributed by atoms with E-state index >= 15 is 0 Å². The summed E-state index contributed by atoms with van der Waals surface area (Å²) in [4.78, 5) is 18.9. The number of aryl methyl sites for hydroxylation is 1. The summed E-state index contributed by atoms with van der Waals surface area (Å²) in [5.74, 6) is -1.16. The van der Waals surface area contributed by atoms with Gasteiger partial charge in [0, 0.05) is 24.3 Å². The van der Waals surface area contributed by atoms with E-state index in [-0.39, 0.29) is 18.4 Å². The molecule has 0 unspecified atom stereocenters. The number of amides is 1. The standard InChI is InChI=1S/C24H26F2N4O2/c1-14(2)22(31)24(32)29-10-11-30-20(13-29)28-21(16-6-9-18(25)19(26)12-16)23(30)27-17-7-4-15(3)5-8-17/h4-9,12,14,22,27,31H,10-11,13H2,1-3H3/t22-/m1/s1. The van der Waals surface area contributed by atoms with Crippen molar-refractivity contribution in [2.24, 2.45) is 5.92 Å². The highest BCUT2D eigenvalue weighted by Crippen LogP contribution is 2.34. The largest absolute Gasteiger partial charge is 0.383 e. The molecule has 3 aromatic rings. The minimum atomic E-state index is -1.08. The van der Waals surface area contributed by atoms with Crippen molar-refractivity contribution in [2.75, 3.05) is 11.9 Å². The van der Waals surface area contributed by atoms with Gasteiger partial charge in [0.15, 0.2) is 11.6 Å². The van der Waals surface area contributed by atoms with Crippen molar-refractivity contribution < 1.29 is 18.7 Å². The minimum absolute atomic E-state index is 0.194. The number of fused-ring (bicyclic) bond motifs is 1. The lowest BCUT2D eigenvalue weighted by Gasteiger charge is -2.31. The second-order valence-corrected chi connectivity index (χ2v) is 8.45. The third kappa shape index (κ3) is 4.23. The van der Waals surface area contributed by atoms with E-state index in [2.05, 4.69) is 10.3 Å². The van der Waals surface area contributed by atoms with Crippen LogP contribution in [0.25, 0.3) is 11.3 Å². The maximum Gasteiger partial charge on any atom is 0.252 e. The van der Waals surface area contributed by atoms with E-state index in [0.29, 0.717) is 36.0 Å². The number of nitrogens with zero attached hydrogens (tertiary/aromatic N) is 3. The number of halogens is 2. The summed E-state index contributed by atoms with van der Waals surface area (Å²) in [7, 11) is 0. The minimum Gasteiger partial charge on any atom is -0.383 e. The van der Waals surface area contributed by atoms with Crippen LogP contribution in [0.4, 0.5) is 20.3 Å². The van der Waals surface area contributed by atoms with Gasteiger partial charge in [-0.1, -0.05) is 31.5 Å². The molecule has 1 amide bonds. The molecule has 0 aliphatic carbocycles. The molecule has 8 heteroatoms. The Morgan fingerprint density at radius 2 is 1.81 bits per heavy atom. The predicted molar refractivity (Wildman–Crippen MR) is 118 cm³/mol. The highest BCUT2D eigenvalue weighted by atomic mass is 19.2. The Labute approximate surface area is 185 Å². The third-order valence-electron chi connectivity index (χ3n) is 5.68. The molecule has 4 rings (SSSR count). The molecule has 0 saturated heterocycles. The van der Waals surface area contributed by atoms with E-state index in [1.165, 1.54) is 6.07 Å². The summed E-state index contributed by atoms with van der Waals surface area (Å²) in [6, 6.07) is 11.5. The zero-order valence-electron chi connectivity index (χ0n) is 18.3. The molecular formula is C24H26F2N4O2. The van der Waals surface area contributed by atoms with Gasteiger partial charge in [0.2, 0.25) is 0 Å². The summed E-state index contributed by atoms with van der Waals surface area (Å²) in [6.45, 7) is 6.66. The first-order valence-electron chi connectivity index (χ1n) is 10.6. The number of hydrogen-bond donors (Lipinski definition) is 2. The Bertz CT molecular complexity index is 1140. The molecule has 168 valence electrons. The van der Waals surface area contributed by atoms with Crippen molar-refractivity contribution >= 4 is 17.4 Å². The average Bonchev–Trinajstić information content (AvgIpc) is 3.13. The lowest BCUT2D eigenvalue weighted by atomic mass is 10.1. The van der Waals surface area contributed by atoms with Crippen LogP contribution in [0.15, 0.2) is 42.5 Å². The monoisotopic (exact) mass is 440 g/mol. The summed E-state index contributed by atoms with van der Waals surface area (Å²) >= 11 is 0. The van der Waals surface area contributed by atoms with Crippen LogP contribution in [0, 0.1) is 24.5 Å². The number of carbonyl (C=O) groups excluding carboxylic acids is 1. The molecule has 1 aliphatic heterocycles. The molecule has 0 spiro atoms. The molecular weight excluding hydrogens is 414 g/mol. The van der Waals surface area contributed by atoms with Gasteiger partial charge in [-0.2, -0.15) is 0 Å². The van der Waals surface area contributed by atoms with Gasteiger partial charge < -0.3 is 19.9 Å². The maximum absolute atomic E-state index is 14.0. The molecule has 1 aliphatic rings. The average molecular weight is 440 g/mol.